The normalized spacial score (nSPS) is 13.3. The number of ether oxygens (including phenoxy) is 1. The van der Waals surface area contributed by atoms with E-state index in [0.717, 1.165) is 24.1 Å². The Bertz CT molecular complexity index is 890. The first-order valence-electron chi connectivity index (χ1n) is 8.52. The second-order valence-corrected chi connectivity index (χ2v) is 6.07. The summed E-state index contributed by atoms with van der Waals surface area (Å²) in [5, 5.41) is 10.6. The van der Waals surface area contributed by atoms with Gasteiger partial charge in [-0.05, 0) is 48.2 Å². The standard InChI is InChI=1S/C20H18N2O5/c23-19(21-13-3-5-16-4-1-2-6-18(16)21)14-27-20(24)12-9-15-7-10-17(11-8-15)22(25)26/h1-2,4,6-12H,3,5,13-14H2. The van der Waals surface area contributed by atoms with Gasteiger partial charge in [-0.1, -0.05) is 18.2 Å². The molecule has 7 nitrogen and oxygen atoms in total. The van der Waals surface area contributed by atoms with Crippen LogP contribution in [0.3, 0.4) is 0 Å². The van der Waals surface area contributed by atoms with Gasteiger partial charge in [-0.3, -0.25) is 14.9 Å². The van der Waals surface area contributed by atoms with Crippen LogP contribution in [0.5, 0.6) is 0 Å². The Morgan fingerprint density at radius 3 is 2.63 bits per heavy atom. The lowest BCUT2D eigenvalue weighted by Crippen LogP contribution is -2.38. The summed E-state index contributed by atoms with van der Waals surface area (Å²) < 4.78 is 5.03. The Morgan fingerprint density at radius 2 is 1.89 bits per heavy atom. The summed E-state index contributed by atoms with van der Waals surface area (Å²) in [5.41, 5.74) is 2.57. The Kier molecular flexibility index (Phi) is 5.61. The molecule has 0 fully saturated rings. The van der Waals surface area contributed by atoms with E-state index in [4.69, 9.17) is 4.74 Å². The van der Waals surface area contributed by atoms with Crippen LogP contribution in [0.1, 0.15) is 17.5 Å². The van der Waals surface area contributed by atoms with Crippen LogP contribution in [-0.2, 0) is 20.7 Å². The fraction of sp³-hybridized carbons (Fsp3) is 0.200. The van der Waals surface area contributed by atoms with Crippen LogP contribution < -0.4 is 4.90 Å². The molecule has 0 atom stereocenters. The third-order valence-corrected chi connectivity index (χ3v) is 4.26. The number of nitro benzene ring substituents is 1. The molecule has 0 radical (unpaired) electrons. The summed E-state index contributed by atoms with van der Waals surface area (Å²) >= 11 is 0. The number of non-ortho nitro benzene ring substituents is 1. The lowest BCUT2D eigenvalue weighted by atomic mass is 10.0. The van der Waals surface area contributed by atoms with Crippen molar-refractivity contribution in [2.45, 2.75) is 12.8 Å². The monoisotopic (exact) mass is 366 g/mol. The van der Waals surface area contributed by atoms with Crippen LogP contribution >= 0.6 is 0 Å². The van der Waals surface area contributed by atoms with Crippen LogP contribution in [0.4, 0.5) is 11.4 Å². The fourth-order valence-corrected chi connectivity index (χ4v) is 2.92. The van der Waals surface area contributed by atoms with Gasteiger partial charge in [0.05, 0.1) is 4.92 Å². The maximum absolute atomic E-state index is 12.4. The van der Waals surface area contributed by atoms with Gasteiger partial charge in [0.15, 0.2) is 6.61 Å². The zero-order valence-electron chi connectivity index (χ0n) is 14.5. The first-order chi connectivity index (χ1) is 13.0. The number of hydrogen-bond acceptors (Lipinski definition) is 5. The highest BCUT2D eigenvalue weighted by Crippen LogP contribution is 2.26. The molecule has 0 spiro atoms. The van der Waals surface area contributed by atoms with Crippen molar-refractivity contribution in [3.63, 3.8) is 0 Å². The van der Waals surface area contributed by atoms with E-state index in [2.05, 4.69) is 0 Å². The topological polar surface area (TPSA) is 89.7 Å². The SMILES string of the molecule is O=C(C=Cc1ccc([N+](=O)[O-])cc1)OCC(=O)N1CCCc2ccccc21. The second-order valence-electron chi connectivity index (χ2n) is 6.07. The average molecular weight is 366 g/mol. The van der Waals surface area contributed by atoms with Crippen molar-refractivity contribution in [1.82, 2.24) is 0 Å². The Balaban J connectivity index is 1.55. The molecule has 0 saturated heterocycles. The van der Waals surface area contributed by atoms with Gasteiger partial charge in [0, 0.05) is 30.4 Å². The van der Waals surface area contributed by atoms with E-state index >= 15 is 0 Å². The summed E-state index contributed by atoms with van der Waals surface area (Å²) in [4.78, 5) is 36.0. The number of nitro groups is 1. The van der Waals surface area contributed by atoms with Crippen molar-refractivity contribution in [3.8, 4) is 0 Å². The van der Waals surface area contributed by atoms with Crippen LogP contribution in [0.2, 0.25) is 0 Å². The third-order valence-electron chi connectivity index (χ3n) is 4.26. The highest BCUT2D eigenvalue weighted by atomic mass is 16.6. The molecule has 0 saturated carbocycles. The van der Waals surface area contributed by atoms with E-state index in [1.807, 2.05) is 24.3 Å². The summed E-state index contributed by atoms with van der Waals surface area (Å²) in [6.45, 7) is 0.268. The van der Waals surface area contributed by atoms with Crippen molar-refractivity contribution >= 4 is 29.3 Å². The van der Waals surface area contributed by atoms with Crippen molar-refractivity contribution in [2.24, 2.45) is 0 Å². The molecule has 2 aromatic rings. The minimum atomic E-state index is -0.646. The van der Waals surface area contributed by atoms with Crippen LogP contribution in [0, 0.1) is 10.1 Å². The van der Waals surface area contributed by atoms with Crippen molar-refractivity contribution in [1.29, 1.82) is 0 Å². The number of benzene rings is 2. The molecule has 3 rings (SSSR count). The molecule has 1 aliphatic heterocycles. The zero-order valence-corrected chi connectivity index (χ0v) is 14.5. The van der Waals surface area contributed by atoms with Gasteiger partial charge in [0.25, 0.3) is 11.6 Å². The highest BCUT2D eigenvalue weighted by molar-refractivity contribution is 5.97. The summed E-state index contributed by atoms with van der Waals surface area (Å²) in [5.74, 6) is -0.911. The summed E-state index contributed by atoms with van der Waals surface area (Å²) in [7, 11) is 0. The molecule has 0 bridgehead atoms. The molecule has 1 aliphatic rings. The van der Waals surface area contributed by atoms with Crippen LogP contribution in [-0.4, -0.2) is 30.0 Å². The highest BCUT2D eigenvalue weighted by Gasteiger charge is 2.22. The lowest BCUT2D eigenvalue weighted by molar-refractivity contribution is -0.384. The van der Waals surface area contributed by atoms with Gasteiger partial charge in [0.2, 0.25) is 0 Å². The molecule has 0 N–H and O–H groups in total. The maximum atomic E-state index is 12.4. The molecule has 27 heavy (non-hydrogen) atoms. The fourth-order valence-electron chi connectivity index (χ4n) is 2.92. The molecule has 0 aliphatic carbocycles. The quantitative estimate of drug-likeness (QED) is 0.351. The number of carbonyl (C=O) groups excluding carboxylic acids is 2. The first-order valence-corrected chi connectivity index (χ1v) is 8.52. The molecule has 1 amide bonds. The van der Waals surface area contributed by atoms with Crippen molar-refractivity contribution in [2.75, 3.05) is 18.1 Å². The van der Waals surface area contributed by atoms with E-state index in [1.165, 1.54) is 36.4 Å². The molecule has 7 heteroatoms. The smallest absolute Gasteiger partial charge is 0.331 e. The Morgan fingerprint density at radius 1 is 1.15 bits per heavy atom. The third kappa shape index (κ3) is 4.58. The second kappa shape index (κ2) is 8.27. The van der Waals surface area contributed by atoms with E-state index in [9.17, 15) is 19.7 Å². The molecule has 138 valence electrons. The largest absolute Gasteiger partial charge is 0.452 e. The summed E-state index contributed by atoms with van der Waals surface area (Å²) in [6.07, 6.45) is 4.47. The number of para-hydroxylation sites is 1. The van der Waals surface area contributed by atoms with Gasteiger partial charge >= 0.3 is 5.97 Å². The minimum Gasteiger partial charge on any atom is -0.452 e. The average Bonchev–Trinajstić information content (AvgIpc) is 2.70. The number of nitrogens with zero attached hydrogens (tertiary/aromatic N) is 2. The minimum absolute atomic E-state index is 0.0258. The zero-order chi connectivity index (χ0) is 19.2. The number of anilines is 1. The number of esters is 1. The number of rotatable bonds is 5. The Labute approximate surface area is 156 Å². The van der Waals surface area contributed by atoms with Gasteiger partial charge in [-0.25, -0.2) is 4.79 Å². The van der Waals surface area contributed by atoms with Gasteiger partial charge in [-0.15, -0.1) is 0 Å². The maximum Gasteiger partial charge on any atom is 0.331 e. The van der Waals surface area contributed by atoms with Crippen molar-refractivity contribution in [3.05, 3.63) is 75.8 Å². The molecule has 2 aromatic carbocycles. The van der Waals surface area contributed by atoms with E-state index in [0.29, 0.717) is 12.1 Å². The lowest BCUT2D eigenvalue weighted by Gasteiger charge is -2.29. The van der Waals surface area contributed by atoms with Crippen LogP contribution in [0.15, 0.2) is 54.6 Å². The molecule has 0 aromatic heterocycles. The first kappa shape index (κ1) is 18.3. The van der Waals surface area contributed by atoms with Gasteiger partial charge in [-0.2, -0.15) is 0 Å². The van der Waals surface area contributed by atoms with Gasteiger partial charge in [0.1, 0.15) is 0 Å². The predicted molar refractivity (Wildman–Crippen MR) is 100 cm³/mol. The Hall–Kier alpha value is -3.48. The molecule has 1 heterocycles. The summed E-state index contributed by atoms with van der Waals surface area (Å²) in [6, 6.07) is 13.5. The molecule has 0 unspecified atom stereocenters. The van der Waals surface area contributed by atoms with Gasteiger partial charge < -0.3 is 9.64 Å². The van der Waals surface area contributed by atoms with E-state index < -0.39 is 10.9 Å². The number of carbonyl (C=O) groups is 2. The number of fused-ring (bicyclic) bond motifs is 1. The van der Waals surface area contributed by atoms with E-state index in [1.54, 1.807) is 4.90 Å². The number of hydrogen-bond donors (Lipinski definition) is 0. The molecular weight excluding hydrogens is 348 g/mol. The number of aryl methyl sites for hydroxylation is 1. The number of amides is 1. The van der Waals surface area contributed by atoms with E-state index in [-0.39, 0.29) is 18.2 Å². The van der Waals surface area contributed by atoms with Crippen molar-refractivity contribution < 1.29 is 19.2 Å². The predicted octanol–water partition coefficient (Wildman–Crippen LogP) is 3.13. The molecular formula is C20H18N2O5. The van der Waals surface area contributed by atoms with Crippen LogP contribution in [0.25, 0.3) is 6.08 Å².